The minimum atomic E-state index is -0.0773. The van der Waals surface area contributed by atoms with E-state index >= 15 is 0 Å². The molecule has 0 bridgehead atoms. The molecule has 1 heterocycles. The number of halogens is 1. The third-order valence-corrected chi connectivity index (χ3v) is 3.52. The van der Waals surface area contributed by atoms with Gasteiger partial charge in [0.05, 0.1) is 23.2 Å². The molecule has 0 saturated carbocycles. The van der Waals surface area contributed by atoms with Crippen molar-refractivity contribution < 1.29 is 9.90 Å². The van der Waals surface area contributed by atoms with E-state index in [0.29, 0.717) is 17.1 Å². The van der Waals surface area contributed by atoms with Crippen molar-refractivity contribution in [3.8, 4) is 0 Å². The molecule has 92 valence electrons. The van der Waals surface area contributed by atoms with E-state index in [4.69, 9.17) is 11.6 Å². The highest BCUT2D eigenvalue weighted by molar-refractivity contribution is 6.33. The van der Waals surface area contributed by atoms with E-state index in [2.05, 4.69) is 0 Å². The van der Waals surface area contributed by atoms with E-state index in [-0.39, 0.29) is 18.6 Å². The number of likely N-dealkylation sites (tertiary alicyclic amines) is 1. The molecule has 1 aliphatic heterocycles. The molecule has 1 aromatic rings. The van der Waals surface area contributed by atoms with Gasteiger partial charge in [-0.3, -0.25) is 4.79 Å². The molecule has 0 radical (unpaired) electrons. The Morgan fingerprint density at radius 3 is 3.00 bits per heavy atom. The summed E-state index contributed by atoms with van der Waals surface area (Å²) in [6, 6.07) is 5.37. The Balaban J connectivity index is 2.24. The number of rotatable bonds is 2. The van der Waals surface area contributed by atoms with Gasteiger partial charge in [0.2, 0.25) is 0 Å². The maximum Gasteiger partial charge on any atom is 0.255 e. The first-order valence-corrected chi connectivity index (χ1v) is 6.19. The molecule has 3 nitrogen and oxygen atoms in total. The van der Waals surface area contributed by atoms with Crippen molar-refractivity contribution in [1.29, 1.82) is 0 Å². The van der Waals surface area contributed by atoms with E-state index in [0.717, 1.165) is 18.4 Å². The summed E-state index contributed by atoms with van der Waals surface area (Å²) >= 11 is 6.08. The van der Waals surface area contributed by atoms with Crippen LogP contribution in [0.3, 0.4) is 0 Å². The van der Waals surface area contributed by atoms with Crippen LogP contribution in [0.25, 0.3) is 0 Å². The topological polar surface area (TPSA) is 40.5 Å². The molecule has 1 saturated heterocycles. The molecule has 1 atom stereocenters. The first-order valence-electron chi connectivity index (χ1n) is 5.81. The summed E-state index contributed by atoms with van der Waals surface area (Å²) in [6.45, 7) is 2.66. The quantitative estimate of drug-likeness (QED) is 0.878. The smallest absolute Gasteiger partial charge is 0.255 e. The van der Waals surface area contributed by atoms with Crippen molar-refractivity contribution in [3.05, 3.63) is 34.3 Å². The van der Waals surface area contributed by atoms with Gasteiger partial charge in [0, 0.05) is 6.54 Å². The number of aliphatic hydroxyl groups excluding tert-OH is 1. The molecule has 1 aliphatic rings. The number of carbonyl (C=O) groups is 1. The highest BCUT2D eigenvalue weighted by Crippen LogP contribution is 2.24. The van der Waals surface area contributed by atoms with Crippen LogP contribution in [0.2, 0.25) is 5.02 Å². The molecule has 1 fully saturated rings. The van der Waals surface area contributed by atoms with E-state index < -0.39 is 0 Å². The van der Waals surface area contributed by atoms with Crippen molar-refractivity contribution in [2.45, 2.75) is 25.8 Å². The highest BCUT2D eigenvalue weighted by atomic mass is 35.5. The number of aliphatic hydroxyl groups is 1. The fraction of sp³-hybridized carbons (Fsp3) is 0.462. The van der Waals surface area contributed by atoms with Crippen molar-refractivity contribution in [3.63, 3.8) is 0 Å². The van der Waals surface area contributed by atoms with Gasteiger partial charge in [-0.25, -0.2) is 0 Å². The van der Waals surface area contributed by atoms with Crippen LogP contribution in [0.5, 0.6) is 0 Å². The summed E-state index contributed by atoms with van der Waals surface area (Å²) in [5.74, 6) is -0.0773. The number of aryl methyl sites for hydroxylation is 1. The molecule has 0 spiro atoms. The lowest BCUT2D eigenvalue weighted by Gasteiger charge is -2.23. The van der Waals surface area contributed by atoms with Gasteiger partial charge < -0.3 is 10.0 Å². The molecule has 0 aromatic heterocycles. The van der Waals surface area contributed by atoms with Gasteiger partial charge in [-0.1, -0.05) is 17.7 Å². The van der Waals surface area contributed by atoms with E-state index in [1.807, 2.05) is 13.0 Å². The Bertz CT molecular complexity index is 433. The predicted octanol–water partition coefficient (Wildman–Crippen LogP) is 2.25. The summed E-state index contributed by atoms with van der Waals surface area (Å²) in [5.41, 5.74) is 1.56. The molecule has 17 heavy (non-hydrogen) atoms. The molecule has 1 N–H and O–H groups in total. The van der Waals surface area contributed by atoms with E-state index in [1.165, 1.54) is 0 Å². The van der Waals surface area contributed by atoms with Crippen LogP contribution in [0.15, 0.2) is 18.2 Å². The lowest BCUT2D eigenvalue weighted by molar-refractivity contribution is 0.0678. The van der Waals surface area contributed by atoms with Crippen molar-refractivity contribution in [2.24, 2.45) is 0 Å². The molecule has 1 amide bonds. The highest BCUT2D eigenvalue weighted by Gasteiger charge is 2.29. The average Bonchev–Trinajstić information content (AvgIpc) is 2.76. The van der Waals surface area contributed by atoms with E-state index in [9.17, 15) is 9.90 Å². The average molecular weight is 254 g/mol. The third-order valence-electron chi connectivity index (χ3n) is 3.20. The van der Waals surface area contributed by atoms with Crippen LogP contribution in [0.4, 0.5) is 0 Å². The fourth-order valence-electron chi connectivity index (χ4n) is 2.24. The Kier molecular flexibility index (Phi) is 3.69. The van der Waals surface area contributed by atoms with Gasteiger partial charge >= 0.3 is 0 Å². The van der Waals surface area contributed by atoms with E-state index in [1.54, 1.807) is 17.0 Å². The first-order chi connectivity index (χ1) is 8.13. The number of benzene rings is 1. The van der Waals surface area contributed by atoms with Gasteiger partial charge in [0.15, 0.2) is 0 Å². The molecule has 2 rings (SSSR count). The van der Waals surface area contributed by atoms with Crippen LogP contribution < -0.4 is 0 Å². The molecule has 4 heteroatoms. The number of amides is 1. The Morgan fingerprint density at radius 1 is 1.59 bits per heavy atom. The number of hydrogen-bond donors (Lipinski definition) is 1. The second-order valence-corrected chi connectivity index (χ2v) is 4.87. The molecule has 1 aromatic carbocycles. The summed E-state index contributed by atoms with van der Waals surface area (Å²) in [4.78, 5) is 14.0. The normalized spacial score (nSPS) is 19.7. The maximum atomic E-state index is 12.3. The second-order valence-electron chi connectivity index (χ2n) is 4.46. The third kappa shape index (κ3) is 2.45. The minimum absolute atomic E-state index is 0.0230. The summed E-state index contributed by atoms with van der Waals surface area (Å²) in [5, 5.41) is 9.70. The standard InChI is InChI=1S/C13H16ClNO2/c1-9-4-5-11(12(14)7-9)13(17)15-6-2-3-10(15)8-16/h4-5,7,10,16H,2-3,6,8H2,1H3. The summed E-state index contributed by atoms with van der Waals surface area (Å²) in [7, 11) is 0. The maximum absolute atomic E-state index is 12.3. The van der Waals surface area contributed by atoms with Crippen LogP contribution >= 0.6 is 11.6 Å². The summed E-state index contributed by atoms with van der Waals surface area (Å²) < 4.78 is 0. The lowest BCUT2D eigenvalue weighted by atomic mass is 10.1. The van der Waals surface area contributed by atoms with Gasteiger partial charge in [-0.2, -0.15) is 0 Å². The van der Waals surface area contributed by atoms with Crippen molar-refractivity contribution >= 4 is 17.5 Å². The zero-order valence-corrected chi connectivity index (χ0v) is 10.6. The number of carbonyl (C=O) groups excluding carboxylic acids is 1. The van der Waals surface area contributed by atoms with Crippen molar-refractivity contribution in [2.75, 3.05) is 13.2 Å². The minimum Gasteiger partial charge on any atom is -0.394 e. The fourth-order valence-corrected chi connectivity index (χ4v) is 2.56. The second kappa shape index (κ2) is 5.07. The molecule has 1 unspecified atom stereocenters. The zero-order valence-electron chi connectivity index (χ0n) is 9.82. The van der Waals surface area contributed by atoms with Crippen LogP contribution in [-0.4, -0.2) is 35.1 Å². The molecular weight excluding hydrogens is 238 g/mol. The van der Waals surface area contributed by atoms with Crippen LogP contribution in [-0.2, 0) is 0 Å². The van der Waals surface area contributed by atoms with Crippen LogP contribution in [0, 0.1) is 6.92 Å². The van der Waals surface area contributed by atoms with Gasteiger partial charge in [-0.15, -0.1) is 0 Å². The first kappa shape index (κ1) is 12.4. The SMILES string of the molecule is Cc1ccc(C(=O)N2CCCC2CO)c(Cl)c1. The largest absolute Gasteiger partial charge is 0.394 e. The monoisotopic (exact) mass is 253 g/mol. The lowest BCUT2D eigenvalue weighted by Crippen LogP contribution is -2.37. The molecular formula is C13H16ClNO2. The summed E-state index contributed by atoms with van der Waals surface area (Å²) in [6.07, 6.45) is 1.81. The number of nitrogens with zero attached hydrogens (tertiary/aromatic N) is 1. The predicted molar refractivity (Wildman–Crippen MR) is 67.3 cm³/mol. The zero-order chi connectivity index (χ0) is 12.4. The van der Waals surface area contributed by atoms with Gasteiger partial charge in [0.1, 0.15) is 0 Å². The van der Waals surface area contributed by atoms with Crippen molar-refractivity contribution in [1.82, 2.24) is 4.90 Å². The Hall–Kier alpha value is -1.06. The van der Waals surface area contributed by atoms with Gasteiger partial charge in [0.25, 0.3) is 5.91 Å². The Labute approximate surface area is 106 Å². The van der Waals surface area contributed by atoms with Gasteiger partial charge in [-0.05, 0) is 37.5 Å². The van der Waals surface area contributed by atoms with Crippen LogP contribution in [0.1, 0.15) is 28.8 Å². The number of hydrogen-bond acceptors (Lipinski definition) is 2. The molecule has 0 aliphatic carbocycles. The Morgan fingerprint density at radius 2 is 2.35 bits per heavy atom.